The zero-order valence-electron chi connectivity index (χ0n) is 17.9. The molecule has 6 heteroatoms. The summed E-state index contributed by atoms with van der Waals surface area (Å²) in [6, 6.07) is 17.3. The SMILES string of the molecule is Cc1ccc(S(=O)(=O)N(C)c2ccc(C(=O)Nc3c(C)cc(C)cc3C)cc2)cc1. The van der Waals surface area contributed by atoms with Crippen LogP contribution in [0, 0.1) is 27.7 Å². The third-order valence-corrected chi connectivity index (χ3v) is 6.89. The minimum absolute atomic E-state index is 0.225. The summed E-state index contributed by atoms with van der Waals surface area (Å²) in [6.45, 7) is 7.85. The van der Waals surface area contributed by atoms with Gasteiger partial charge in [-0.2, -0.15) is 0 Å². The van der Waals surface area contributed by atoms with Crippen LogP contribution in [0.2, 0.25) is 0 Å². The van der Waals surface area contributed by atoms with Crippen LogP contribution >= 0.6 is 0 Å². The molecule has 156 valence electrons. The van der Waals surface area contributed by atoms with Crippen molar-refractivity contribution >= 4 is 27.3 Å². The number of benzene rings is 3. The van der Waals surface area contributed by atoms with E-state index in [4.69, 9.17) is 0 Å². The quantitative estimate of drug-likeness (QED) is 0.629. The van der Waals surface area contributed by atoms with E-state index in [9.17, 15) is 13.2 Å². The Labute approximate surface area is 178 Å². The zero-order valence-corrected chi connectivity index (χ0v) is 18.7. The van der Waals surface area contributed by atoms with Gasteiger partial charge in [0.25, 0.3) is 15.9 Å². The van der Waals surface area contributed by atoms with Gasteiger partial charge in [-0.25, -0.2) is 8.42 Å². The number of sulfonamides is 1. The minimum atomic E-state index is -3.67. The van der Waals surface area contributed by atoms with Gasteiger partial charge in [-0.3, -0.25) is 9.10 Å². The van der Waals surface area contributed by atoms with E-state index in [1.54, 1.807) is 48.5 Å². The van der Waals surface area contributed by atoms with Crippen molar-refractivity contribution in [2.24, 2.45) is 0 Å². The Kier molecular flexibility index (Phi) is 5.99. The average molecular weight is 423 g/mol. The zero-order chi connectivity index (χ0) is 22.1. The molecule has 5 nitrogen and oxygen atoms in total. The number of nitrogens with one attached hydrogen (secondary N) is 1. The molecule has 0 aliphatic carbocycles. The molecule has 0 bridgehead atoms. The summed E-state index contributed by atoms with van der Waals surface area (Å²) >= 11 is 0. The van der Waals surface area contributed by atoms with E-state index in [0.717, 1.165) is 27.9 Å². The van der Waals surface area contributed by atoms with Crippen LogP contribution < -0.4 is 9.62 Å². The second-order valence-electron chi connectivity index (χ2n) is 7.56. The first-order valence-corrected chi connectivity index (χ1v) is 11.1. The highest BCUT2D eigenvalue weighted by molar-refractivity contribution is 7.92. The second-order valence-corrected chi connectivity index (χ2v) is 9.53. The number of rotatable bonds is 5. The van der Waals surface area contributed by atoms with E-state index in [1.165, 1.54) is 11.4 Å². The molecular weight excluding hydrogens is 396 g/mol. The van der Waals surface area contributed by atoms with E-state index in [1.807, 2.05) is 39.8 Å². The van der Waals surface area contributed by atoms with Crippen LogP contribution in [-0.2, 0) is 10.0 Å². The Balaban J connectivity index is 1.80. The molecule has 0 atom stereocenters. The summed E-state index contributed by atoms with van der Waals surface area (Å²) in [5.41, 5.74) is 5.88. The van der Waals surface area contributed by atoms with Crippen molar-refractivity contribution in [1.29, 1.82) is 0 Å². The molecule has 0 saturated carbocycles. The standard InChI is InChI=1S/C24H26N2O3S/c1-16-6-12-22(13-7-16)30(28,29)26(5)21-10-8-20(9-11-21)24(27)25-23-18(3)14-17(2)15-19(23)4/h6-15H,1-5H3,(H,25,27). The fourth-order valence-corrected chi connectivity index (χ4v) is 4.59. The van der Waals surface area contributed by atoms with Gasteiger partial charge < -0.3 is 5.32 Å². The van der Waals surface area contributed by atoms with Crippen molar-refractivity contribution in [3.05, 3.63) is 88.5 Å². The molecule has 0 aliphatic rings. The maximum Gasteiger partial charge on any atom is 0.264 e. The third-order valence-electron chi connectivity index (χ3n) is 5.09. The van der Waals surface area contributed by atoms with Gasteiger partial charge in [0, 0.05) is 18.3 Å². The molecule has 0 unspecified atom stereocenters. The molecule has 0 saturated heterocycles. The van der Waals surface area contributed by atoms with E-state index >= 15 is 0 Å². The topological polar surface area (TPSA) is 66.5 Å². The smallest absolute Gasteiger partial charge is 0.264 e. The van der Waals surface area contributed by atoms with Crippen molar-refractivity contribution in [1.82, 2.24) is 0 Å². The van der Waals surface area contributed by atoms with Crippen LogP contribution in [0.1, 0.15) is 32.6 Å². The fourth-order valence-electron chi connectivity index (χ4n) is 3.39. The summed E-state index contributed by atoms with van der Waals surface area (Å²) in [7, 11) is -2.17. The van der Waals surface area contributed by atoms with Crippen molar-refractivity contribution in [3.8, 4) is 0 Å². The normalized spacial score (nSPS) is 11.2. The van der Waals surface area contributed by atoms with Crippen molar-refractivity contribution in [2.75, 3.05) is 16.7 Å². The van der Waals surface area contributed by atoms with Gasteiger partial charge in [-0.15, -0.1) is 0 Å². The van der Waals surface area contributed by atoms with Crippen molar-refractivity contribution < 1.29 is 13.2 Å². The first-order chi connectivity index (χ1) is 14.1. The van der Waals surface area contributed by atoms with E-state index in [-0.39, 0.29) is 10.8 Å². The van der Waals surface area contributed by atoms with Gasteiger partial charge in [0.2, 0.25) is 0 Å². The number of anilines is 2. The lowest BCUT2D eigenvalue weighted by Gasteiger charge is -2.20. The van der Waals surface area contributed by atoms with Gasteiger partial charge in [0.1, 0.15) is 0 Å². The van der Waals surface area contributed by atoms with Crippen molar-refractivity contribution in [2.45, 2.75) is 32.6 Å². The van der Waals surface area contributed by atoms with Gasteiger partial charge in [-0.05, 0) is 75.2 Å². The molecule has 3 aromatic carbocycles. The van der Waals surface area contributed by atoms with Crippen LogP contribution in [0.3, 0.4) is 0 Å². The maximum absolute atomic E-state index is 12.9. The molecule has 1 amide bonds. The molecule has 30 heavy (non-hydrogen) atoms. The van der Waals surface area contributed by atoms with E-state index < -0.39 is 10.0 Å². The Hall–Kier alpha value is -3.12. The molecule has 0 fully saturated rings. The Morgan fingerprint density at radius 3 is 1.87 bits per heavy atom. The predicted octanol–water partition coefficient (Wildman–Crippen LogP) is 5.00. The number of carbonyl (C=O) groups is 1. The van der Waals surface area contributed by atoms with Crippen LogP contribution in [0.4, 0.5) is 11.4 Å². The molecule has 0 radical (unpaired) electrons. The van der Waals surface area contributed by atoms with Crippen LogP contribution in [0.25, 0.3) is 0 Å². The Morgan fingerprint density at radius 2 is 1.33 bits per heavy atom. The Bertz CT molecular complexity index is 1160. The monoisotopic (exact) mass is 422 g/mol. The van der Waals surface area contributed by atoms with E-state index in [2.05, 4.69) is 5.32 Å². The predicted molar refractivity (Wildman–Crippen MR) is 122 cm³/mol. The number of carbonyl (C=O) groups excluding carboxylic acids is 1. The summed E-state index contributed by atoms with van der Waals surface area (Å²) < 4.78 is 26.9. The average Bonchev–Trinajstić information content (AvgIpc) is 2.70. The summed E-state index contributed by atoms with van der Waals surface area (Å²) in [5.74, 6) is -0.236. The lowest BCUT2D eigenvalue weighted by Crippen LogP contribution is -2.26. The molecule has 0 aromatic heterocycles. The third kappa shape index (κ3) is 4.39. The summed E-state index contributed by atoms with van der Waals surface area (Å²) in [6.07, 6.45) is 0. The first kappa shape index (κ1) is 21.6. The lowest BCUT2D eigenvalue weighted by atomic mass is 10.0. The second kappa shape index (κ2) is 8.32. The highest BCUT2D eigenvalue weighted by atomic mass is 32.2. The number of hydrogen-bond acceptors (Lipinski definition) is 3. The highest BCUT2D eigenvalue weighted by Crippen LogP contribution is 2.25. The van der Waals surface area contributed by atoms with Crippen molar-refractivity contribution in [3.63, 3.8) is 0 Å². The molecule has 3 aromatic rings. The molecule has 0 heterocycles. The summed E-state index contributed by atoms with van der Waals surface area (Å²) in [5, 5.41) is 2.96. The van der Waals surface area contributed by atoms with Crippen LogP contribution in [-0.4, -0.2) is 21.4 Å². The number of amides is 1. The molecule has 0 spiro atoms. The number of aryl methyl sites for hydroxylation is 4. The molecule has 1 N–H and O–H groups in total. The first-order valence-electron chi connectivity index (χ1n) is 9.64. The van der Waals surface area contributed by atoms with Crippen LogP contribution in [0.5, 0.6) is 0 Å². The number of hydrogen-bond donors (Lipinski definition) is 1. The highest BCUT2D eigenvalue weighted by Gasteiger charge is 2.21. The van der Waals surface area contributed by atoms with Gasteiger partial charge in [0.15, 0.2) is 0 Å². The molecule has 0 aliphatic heterocycles. The van der Waals surface area contributed by atoms with Gasteiger partial charge >= 0.3 is 0 Å². The van der Waals surface area contributed by atoms with Gasteiger partial charge in [0.05, 0.1) is 10.6 Å². The fraction of sp³-hybridized carbons (Fsp3) is 0.208. The minimum Gasteiger partial charge on any atom is -0.322 e. The lowest BCUT2D eigenvalue weighted by molar-refractivity contribution is 0.102. The largest absolute Gasteiger partial charge is 0.322 e. The molecule has 3 rings (SSSR count). The number of nitrogens with zero attached hydrogens (tertiary/aromatic N) is 1. The molecular formula is C24H26N2O3S. The van der Waals surface area contributed by atoms with Gasteiger partial charge in [-0.1, -0.05) is 35.4 Å². The summed E-state index contributed by atoms with van der Waals surface area (Å²) in [4.78, 5) is 12.9. The Morgan fingerprint density at radius 1 is 0.800 bits per heavy atom. The maximum atomic E-state index is 12.9. The van der Waals surface area contributed by atoms with E-state index in [0.29, 0.717) is 11.3 Å². The van der Waals surface area contributed by atoms with Crippen LogP contribution in [0.15, 0.2) is 65.6 Å².